The summed E-state index contributed by atoms with van der Waals surface area (Å²) in [6.45, 7) is 6.97. The van der Waals surface area contributed by atoms with Crippen LogP contribution in [0, 0.1) is 0 Å². The van der Waals surface area contributed by atoms with Crippen LogP contribution in [0.3, 0.4) is 0 Å². The molecule has 0 unspecified atom stereocenters. The second kappa shape index (κ2) is 10.4. The minimum atomic E-state index is -3.73. The lowest BCUT2D eigenvalue weighted by Crippen LogP contribution is -2.39. The van der Waals surface area contributed by atoms with E-state index in [0.29, 0.717) is 6.61 Å². The van der Waals surface area contributed by atoms with Crippen molar-refractivity contribution < 1.29 is 27.3 Å². The van der Waals surface area contributed by atoms with Gasteiger partial charge in [0.25, 0.3) is 0 Å². The van der Waals surface area contributed by atoms with Crippen molar-refractivity contribution in [3.8, 4) is 0 Å². The summed E-state index contributed by atoms with van der Waals surface area (Å²) in [4.78, 5) is 9.60. The van der Waals surface area contributed by atoms with Crippen LogP contribution in [0.25, 0.3) is 0 Å². The molecule has 0 spiro atoms. The molecule has 0 radical (unpaired) electrons. The highest BCUT2D eigenvalue weighted by molar-refractivity contribution is 6.52. The van der Waals surface area contributed by atoms with Gasteiger partial charge in [-0.2, -0.15) is 0 Å². The monoisotopic (exact) mass is 268 g/mol. The Balaban J connectivity index is 0. The fourth-order valence-electron chi connectivity index (χ4n) is 0.540. The van der Waals surface area contributed by atoms with Crippen molar-refractivity contribution in [1.29, 1.82) is 0 Å². The second-order valence-electron chi connectivity index (χ2n) is 3.18. The zero-order chi connectivity index (χ0) is 13.9. The Morgan fingerprint density at radius 3 is 2.06 bits per heavy atom. The summed E-state index contributed by atoms with van der Waals surface area (Å²) < 4.78 is 26.8. The number of carboxylic acids is 1. The van der Waals surface area contributed by atoms with E-state index in [4.69, 9.17) is 9.53 Å². The first kappa shape index (κ1) is 18.6. The quantitative estimate of drug-likeness (QED) is 0.332. The molecule has 0 aliphatic carbocycles. The van der Waals surface area contributed by atoms with Gasteiger partial charge in [0.05, 0.1) is 0 Å². The van der Waals surface area contributed by atoms with Crippen LogP contribution in [0.5, 0.6) is 0 Å². The lowest BCUT2D eigenvalue weighted by Gasteiger charge is -2.15. The van der Waals surface area contributed by atoms with Gasteiger partial charge in [-0.15, -0.1) is 0 Å². The van der Waals surface area contributed by atoms with Crippen LogP contribution >= 0.6 is 0 Å². The maximum atomic E-state index is 13.0. The molecule has 7 heteroatoms. The van der Waals surface area contributed by atoms with Crippen LogP contribution in [0.1, 0.15) is 26.7 Å². The molecule has 0 aliphatic heterocycles. The van der Waals surface area contributed by atoms with E-state index in [-0.39, 0.29) is 5.57 Å². The summed E-state index contributed by atoms with van der Waals surface area (Å²) in [7, 11) is -1.23. The maximum absolute atomic E-state index is 13.0. The Morgan fingerprint density at radius 1 is 1.41 bits per heavy atom. The third-order valence-corrected chi connectivity index (χ3v) is 3.15. The van der Waals surface area contributed by atoms with Gasteiger partial charge in [0, 0.05) is 26.4 Å². The van der Waals surface area contributed by atoms with Crippen molar-refractivity contribution in [3.05, 3.63) is 12.2 Å². The van der Waals surface area contributed by atoms with Crippen molar-refractivity contribution in [2.45, 2.75) is 26.7 Å². The molecule has 0 amide bonds. The first-order valence-corrected chi connectivity index (χ1v) is 6.75. The predicted molar refractivity (Wildman–Crippen MR) is 64.2 cm³/mol. The van der Waals surface area contributed by atoms with Crippen LogP contribution in [0.15, 0.2) is 12.2 Å². The Hall–Kier alpha value is -0.763. The third kappa shape index (κ3) is 11.5. The fraction of sp³-hybridized carbons (Fsp3) is 0.700. The molecule has 0 saturated heterocycles. The average molecular weight is 268 g/mol. The van der Waals surface area contributed by atoms with Crippen molar-refractivity contribution in [2.75, 3.05) is 20.8 Å². The highest BCUT2D eigenvalue weighted by Gasteiger charge is 2.41. The zero-order valence-electron chi connectivity index (χ0n) is 10.8. The molecule has 0 bridgehead atoms. The molecule has 0 fully saturated rings. The average Bonchev–Trinajstić information content (AvgIpc) is 2.30. The van der Waals surface area contributed by atoms with Crippen LogP contribution in [0.2, 0.25) is 0 Å². The molecular formula is C10H21FO5Si. The summed E-state index contributed by atoms with van der Waals surface area (Å²) in [5.41, 5.74) is 0.176. The largest absolute Gasteiger partial charge is 0.719 e. The van der Waals surface area contributed by atoms with E-state index in [1.165, 1.54) is 21.1 Å². The van der Waals surface area contributed by atoms with Crippen LogP contribution in [-0.4, -0.2) is 41.0 Å². The van der Waals surface area contributed by atoms with Crippen molar-refractivity contribution in [3.63, 3.8) is 0 Å². The molecule has 102 valence electrons. The van der Waals surface area contributed by atoms with Crippen LogP contribution in [-0.2, 0) is 18.1 Å². The third-order valence-electron chi connectivity index (χ3n) is 1.63. The molecule has 17 heavy (non-hydrogen) atoms. The van der Waals surface area contributed by atoms with Gasteiger partial charge in [-0.1, -0.05) is 19.9 Å². The van der Waals surface area contributed by atoms with E-state index < -0.39 is 15.1 Å². The summed E-state index contributed by atoms with van der Waals surface area (Å²) in [5, 5.41) is 7.89. The van der Waals surface area contributed by atoms with Gasteiger partial charge in [0.1, 0.15) is 0 Å². The van der Waals surface area contributed by atoms with Crippen LogP contribution < -0.4 is 0 Å². The van der Waals surface area contributed by atoms with E-state index in [1.54, 1.807) is 0 Å². The summed E-state index contributed by atoms with van der Waals surface area (Å²) >= 11 is 0. The predicted octanol–water partition coefficient (Wildman–Crippen LogP) is 2.15. The van der Waals surface area contributed by atoms with E-state index >= 15 is 0 Å². The molecule has 0 saturated carbocycles. The van der Waals surface area contributed by atoms with E-state index in [2.05, 4.69) is 15.4 Å². The first-order valence-electron chi connectivity index (χ1n) is 5.14. The highest BCUT2D eigenvalue weighted by atomic mass is 28.4. The first-order chi connectivity index (χ1) is 7.82. The number of carboxylic acid groups (broad SMARTS) is 1. The molecule has 0 aliphatic rings. The molecule has 0 aromatic carbocycles. The Bertz CT molecular complexity index is 219. The van der Waals surface area contributed by atoms with Gasteiger partial charge < -0.3 is 18.4 Å². The lowest BCUT2D eigenvalue weighted by atomic mass is 10.4. The van der Waals surface area contributed by atoms with E-state index in [1.807, 2.05) is 6.92 Å². The minimum absolute atomic E-state index is 0.176. The van der Waals surface area contributed by atoms with Gasteiger partial charge in [-0.3, -0.25) is 0 Å². The molecule has 0 atom stereocenters. The van der Waals surface area contributed by atoms with Gasteiger partial charge in [-0.25, -0.2) is 8.90 Å². The second-order valence-corrected chi connectivity index (χ2v) is 5.25. The van der Waals surface area contributed by atoms with Crippen molar-refractivity contribution >= 4 is 15.1 Å². The summed E-state index contributed by atoms with van der Waals surface area (Å²) in [6.07, 6.45) is 1.79. The number of rotatable bonds is 7. The maximum Gasteiger partial charge on any atom is 0.719 e. The number of carbonyl (C=O) groups is 1. The smallest absolute Gasteiger partial charge is 0.478 e. The Morgan fingerprint density at radius 2 is 1.82 bits per heavy atom. The molecular weight excluding hydrogens is 247 g/mol. The zero-order valence-corrected chi connectivity index (χ0v) is 11.8. The molecule has 0 heterocycles. The normalized spacial score (nSPS) is 10.4. The van der Waals surface area contributed by atoms with Gasteiger partial charge in [0.15, 0.2) is 0 Å². The van der Waals surface area contributed by atoms with Gasteiger partial charge >= 0.3 is 15.1 Å². The fourth-order valence-corrected chi connectivity index (χ4v) is 1.33. The van der Waals surface area contributed by atoms with Gasteiger partial charge in [-0.05, 0) is 13.3 Å². The highest BCUT2D eigenvalue weighted by Crippen LogP contribution is 2.08. The molecule has 0 rings (SSSR count). The number of unbranched alkanes of at least 4 members (excludes halogenated alkanes) is 1. The molecule has 5 nitrogen and oxygen atoms in total. The Labute approximate surface area is 103 Å². The molecule has 1 N–H and O–H groups in total. The number of hydrogen-bond acceptors (Lipinski definition) is 4. The van der Waals surface area contributed by atoms with Crippen LogP contribution in [0.4, 0.5) is 4.11 Å². The SMILES string of the molecule is C=C(C)C(=O)O.CCCCO[Si](F)(OC)OC. The van der Waals surface area contributed by atoms with Gasteiger partial charge in [0.2, 0.25) is 0 Å². The van der Waals surface area contributed by atoms with E-state index in [0.717, 1.165) is 12.8 Å². The minimum Gasteiger partial charge on any atom is -0.478 e. The number of hydrogen-bond donors (Lipinski definition) is 1. The standard InChI is InChI=1S/C6H15FO3Si.C4H6O2/c1-4-5-6-10-11(7,8-2)9-3;1-3(2)4(5)6/h4-6H2,1-3H3;1H2,2H3,(H,5,6). The molecule has 0 aromatic heterocycles. The molecule has 0 aromatic rings. The summed E-state index contributed by atoms with van der Waals surface area (Å²) in [5.74, 6) is -0.935. The topological polar surface area (TPSA) is 65.0 Å². The lowest BCUT2D eigenvalue weighted by molar-refractivity contribution is -0.132. The Kier molecular flexibility index (Phi) is 11.4. The number of halogens is 1. The van der Waals surface area contributed by atoms with Crippen molar-refractivity contribution in [1.82, 2.24) is 0 Å². The summed E-state index contributed by atoms with van der Waals surface area (Å²) in [6, 6.07) is 0. The number of aliphatic carboxylic acids is 1. The van der Waals surface area contributed by atoms with E-state index in [9.17, 15) is 8.90 Å². The van der Waals surface area contributed by atoms with Crippen molar-refractivity contribution in [2.24, 2.45) is 0 Å².